The molecule has 0 aromatic heterocycles. The molecule has 0 saturated heterocycles. The molecule has 0 saturated carbocycles. The van der Waals surface area contributed by atoms with E-state index in [-0.39, 0.29) is 29.6 Å². The van der Waals surface area contributed by atoms with Gasteiger partial charge < -0.3 is 13.9 Å². The van der Waals surface area contributed by atoms with Crippen LogP contribution in [0.4, 0.5) is 0 Å². The van der Waals surface area contributed by atoms with E-state index in [9.17, 15) is 9.69 Å². The first-order valence-electron chi connectivity index (χ1n) is 6.48. The van der Waals surface area contributed by atoms with E-state index in [0.717, 1.165) is 16.7 Å². The third-order valence-electron chi connectivity index (χ3n) is 2.96. The van der Waals surface area contributed by atoms with Crippen molar-refractivity contribution in [3.05, 3.63) is 64.7 Å². The van der Waals surface area contributed by atoms with Crippen LogP contribution in [-0.4, -0.2) is 5.97 Å². The Hall–Kier alpha value is -0.900. The minimum atomic E-state index is -2.55. The largest absolute Gasteiger partial charge is 1.00 e. The Morgan fingerprint density at radius 3 is 2.14 bits per heavy atom. The zero-order valence-corrected chi connectivity index (χ0v) is 16.0. The summed E-state index contributed by atoms with van der Waals surface area (Å²) in [4.78, 5) is 23.9. The second-order valence-electron chi connectivity index (χ2n) is 4.78. The van der Waals surface area contributed by atoms with Crippen molar-refractivity contribution in [2.45, 2.75) is 20.8 Å². The van der Waals surface area contributed by atoms with Crippen LogP contribution < -0.4 is 39.0 Å². The van der Waals surface area contributed by atoms with Crippen LogP contribution in [0.3, 0.4) is 0 Å². The van der Waals surface area contributed by atoms with Crippen molar-refractivity contribution < 1.29 is 48.3 Å². The predicted molar refractivity (Wildman–Crippen MR) is 80.1 cm³/mol. The molecule has 0 heterocycles. The molecule has 0 radical (unpaired) electrons. The second-order valence-corrected chi connectivity index (χ2v) is 5.59. The summed E-state index contributed by atoms with van der Waals surface area (Å²) in [6, 6.07) is 12.4. The van der Waals surface area contributed by atoms with Crippen LogP contribution in [0, 0.1) is 20.8 Å². The van der Waals surface area contributed by atoms with Gasteiger partial charge in [-0.1, -0.05) is 35.9 Å². The normalized spacial score (nSPS) is 11.3. The molecule has 0 N–H and O–H groups in total. The topological polar surface area (TPSA) is 58.6 Å². The van der Waals surface area contributed by atoms with E-state index in [0.29, 0.717) is 11.3 Å². The minimum Gasteiger partial charge on any atom is -0.765 e. The van der Waals surface area contributed by atoms with Gasteiger partial charge in [-0.05, 0) is 44.0 Å². The molecule has 0 amide bonds. The fraction of sp³-hybridized carbons (Fsp3) is 0.188. The van der Waals surface area contributed by atoms with Crippen LogP contribution in [0.2, 0.25) is 0 Å². The van der Waals surface area contributed by atoms with E-state index in [1.54, 1.807) is 24.3 Å². The van der Waals surface area contributed by atoms with Crippen molar-refractivity contribution in [3.63, 3.8) is 0 Å². The summed E-state index contributed by atoms with van der Waals surface area (Å²) >= 11 is 0. The van der Waals surface area contributed by atoms with Crippen molar-refractivity contribution in [1.82, 2.24) is 0 Å². The fourth-order valence-corrected chi connectivity index (χ4v) is 2.76. The molecule has 4 nitrogen and oxygen atoms in total. The summed E-state index contributed by atoms with van der Waals surface area (Å²) in [7, 11) is -2.55. The molecule has 2 aromatic carbocycles. The number of benzene rings is 2. The van der Waals surface area contributed by atoms with Gasteiger partial charge in [-0.15, -0.1) is 0 Å². The molecule has 0 aliphatic heterocycles. The Kier molecular flexibility index (Phi) is 7.54. The van der Waals surface area contributed by atoms with E-state index >= 15 is 0 Å². The molecule has 22 heavy (non-hydrogen) atoms. The fourth-order valence-electron chi connectivity index (χ4n) is 2.20. The molecule has 1 unspecified atom stereocenters. The maximum absolute atomic E-state index is 12.1. The maximum atomic E-state index is 12.1. The van der Waals surface area contributed by atoms with Crippen molar-refractivity contribution in [1.29, 1.82) is 0 Å². The first-order valence-corrected chi connectivity index (χ1v) is 7.57. The Morgan fingerprint density at radius 2 is 1.59 bits per heavy atom. The number of carbonyl (C=O) groups is 1. The SMILES string of the molecule is Cc1cc(C)c(C(=O)OP([O-])Oc2ccccc2)c(C)c1.[Na+]. The number of hydrogen-bond donors (Lipinski definition) is 0. The molecular weight excluding hydrogens is 310 g/mol. The van der Waals surface area contributed by atoms with Crippen molar-refractivity contribution in [2.24, 2.45) is 0 Å². The molecule has 6 heteroatoms. The summed E-state index contributed by atoms with van der Waals surface area (Å²) < 4.78 is 9.97. The van der Waals surface area contributed by atoms with E-state index in [1.807, 2.05) is 39.0 Å². The van der Waals surface area contributed by atoms with Crippen LogP contribution in [-0.2, 0) is 4.52 Å². The maximum Gasteiger partial charge on any atom is 1.00 e. The minimum absolute atomic E-state index is 0. The number of carbonyl (C=O) groups excluding carboxylic acids is 1. The monoisotopic (exact) mass is 326 g/mol. The summed E-state index contributed by atoms with van der Waals surface area (Å²) in [5.41, 5.74) is 3.08. The van der Waals surface area contributed by atoms with Crippen LogP contribution in [0.15, 0.2) is 42.5 Å². The van der Waals surface area contributed by atoms with Gasteiger partial charge in [0, 0.05) is 0 Å². The van der Waals surface area contributed by atoms with Crippen LogP contribution in [0.1, 0.15) is 27.0 Å². The molecule has 0 aliphatic carbocycles. The smallest absolute Gasteiger partial charge is 0.765 e. The zero-order chi connectivity index (χ0) is 15.4. The molecule has 0 aliphatic rings. The standard InChI is InChI=1S/C16H16O4P.Na/c1-11-9-12(2)15(13(3)10-11)16(17)20-21(18)19-14-7-5-4-6-8-14;/h4-10H,1-3H3;/q-1;+1. The van der Waals surface area contributed by atoms with E-state index in [4.69, 9.17) is 9.05 Å². The van der Waals surface area contributed by atoms with E-state index in [2.05, 4.69) is 0 Å². The summed E-state index contributed by atoms with van der Waals surface area (Å²) in [6.45, 7) is 5.59. The quantitative estimate of drug-likeness (QED) is 0.604. The first-order chi connectivity index (χ1) is 9.97. The Bertz CT molecular complexity index is 623. The van der Waals surface area contributed by atoms with Gasteiger partial charge in [0.05, 0.1) is 5.56 Å². The molecule has 0 bridgehead atoms. The Labute approximate surface area is 153 Å². The van der Waals surface area contributed by atoms with Crippen LogP contribution in [0.5, 0.6) is 5.75 Å². The average molecular weight is 326 g/mol. The van der Waals surface area contributed by atoms with Gasteiger partial charge in [-0.25, -0.2) is 4.79 Å². The van der Waals surface area contributed by atoms with E-state index in [1.165, 1.54) is 0 Å². The van der Waals surface area contributed by atoms with Gasteiger partial charge in [-0.2, -0.15) is 0 Å². The first kappa shape index (κ1) is 19.1. The number of aryl methyl sites for hydroxylation is 3. The van der Waals surface area contributed by atoms with Gasteiger partial charge in [0.15, 0.2) is 0 Å². The molecule has 1 atom stereocenters. The second kappa shape index (κ2) is 8.66. The molecule has 2 aromatic rings. The Balaban J connectivity index is 0.00000242. The summed E-state index contributed by atoms with van der Waals surface area (Å²) in [6.07, 6.45) is 0. The van der Waals surface area contributed by atoms with Gasteiger partial charge in [-0.3, -0.25) is 0 Å². The molecule has 0 spiro atoms. The Morgan fingerprint density at radius 1 is 1.05 bits per heavy atom. The van der Waals surface area contributed by atoms with Crippen LogP contribution in [0.25, 0.3) is 0 Å². The zero-order valence-electron chi connectivity index (χ0n) is 13.1. The van der Waals surface area contributed by atoms with Crippen molar-refractivity contribution >= 4 is 14.6 Å². The van der Waals surface area contributed by atoms with Crippen molar-refractivity contribution in [2.75, 3.05) is 0 Å². The van der Waals surface area contributed by atoms with Gasteiger partial charge in [0.25, 0.3) is 0 Å². The van der Waals surface area contributed by atoms with Crippen molar-refractivity contribution in [3.8, 4) is 5.75 Å². The van der Waals surface area contributed by atoms with E-state index < -0.39 is 14.6 Å². The third kappa shape index (κ3) is 5.08. The predicted octanol–water partition coefficient (Wildman–Crippen LogP) is 0.439. The summed E-state index contributed by atoms with van der Waals surface area (Å²) in [5, 5.41) is 0. The third-order valence-corrected chi connectivity index (χ3v) is 3.64. The number of rotatable bonds is 4. The summed E-state index contributed by atoms with van der Waals surface area (Å²) in [5.74, 6) is -0.245. The molecule has 0 fully saturated rings. The number of para-hydroxylation sites is 1. The molecule has 2 rings (SSSR count). The average Bonchev–Trinajstić information content (AvgIpc) is 2.38. The van der Waals surface area contributed by atoms with Gasteiger partial charge >= 0.3 is 35.5 Å². The number of hydrogen-bond acceptors (Lipinski definition) is 4. The van der Waals surface area contributed by atoms with Gasteiger partial charge in [0.1, 0.15) is 5.75 Å². The molecule has 110 valence electrons. The molecular formula is C16H16NaO4P. The van der Waals surface area contributed by atoms with Gasteiger partial charge in [0.2, 0.25) is 8.60 Å². The van der Waals surface area contributed by atoms with Crippen LogP contribution >= 0.6 is 8.60 Å².